The zero-order valence-corrected chi connectivity index (χ0v) is 20.2. The van der Waals surface area contributed by atoms with Gasteiger partial charge in [-0.15, -0.1) is 0 Å². The Balaban J connectivity index is 1.24. The zero-order chi connectivity index (χ0) is 23.9. The summed E-state index contributed by atoms with van der Waals surface area (Å²) >= 11 is 0. The third-order valence-corrected chi connectivity index (χ3v) is 9.39. The molecule has 2 aromatic rings. The molecule has 2 aliphatic heterocycles. The summed E-state index contributed by atoms with van der Waals surface area (Å²) in [5.41, 5.74) is 0.384. The van der Waals surface area contributed by atoms with Crippen LogP contribution in [0.2, 0.25) is 0 Å². The van der Waals surface area contributed by atoms with Crippen LogP contribution in [0.1, 0.15) is 32.1 Å². The van der Waals surface area contributed by atoms with Crippen molar-refractivity contribution in [1.29, 1.82) is 5.26 Å². The number of nitrogens with one attached hydrogen (secondary N) is 1. The van der Waals surface area contributed by atoms with Crippen LogP contribution in [0.15, 0.2) is 18.6 Å². The number of likely N-dealkylation sites (tertiary alicyclic amines) is 1. The first kappa shape index (κ1) is 23.0. The van der Waals surface area contributed by atoms with E-state index in [9.17, 15) is 13.2 Å². The average Bonchev–Trinajstić information content (AvgIpc) is 3.22. The number of aromatic amines is 1. The molecule has 5 rings (SSSR count). The minimum atomic E-state index is -3.63. The largest absolute Gasteiger partial charge is 0.353 e. The van der Waals surface area contributed by atoms with Crippen LogP contribution < -0.4 is 4.90 Å². The van der Waals surface area contributed by atoms with Crippen molar-refractivity contribution in [3.63, 3.8) is 0 Å². The number of aromatic nitrogens is 3. The van der Waals surface area contributed by atoms with Crippen LogP contribution in [0.4, 0.5) is 5.82 Å². The fourth-order valence-corrected chi connectivity index (χ4v) is 7.10. The molecule has 4 heterocycles. The number of nitrogens with zero attached hydrogens (tertiary/aromatic N) is 7. The van der Waals surface area contributed by atoms with Crippen molar-refractivity contribution in [3.8, 4) is 6.07 Å². The molecule has 1 aliphatic carbocycles. The molecule has 1 atom stereocenters. The molecule has 0 aromatic carbocycles. The quantitative estimate of drug-likeness (QED) is 0.616. The molecule has 1 N–H and O–H groups in total. The highest BCUT2D eigenvalue weighted by atomic mass is 32.2. The van der Waals surface area contributed by atoms with E-state index in [4.69, 9.17) is 5.26 Å². The van der Waals surface area contributed by atoms with Crippen LogP contribution in [0.25, 0.3) is 11.0 Å². The van der Waals surface area contributed by atoms with E-state index in [1.165, 1.54) is 4.31 Å². The number of piperazine rings is 1. The number of amides is 1. The molecule has 2 saturated heterocycles. The first-order chi connectivity index (χ1) is 16.3. The van der Waals surface area contributed by atoms with Gasteiger partial charge in [0.15, 0.2) is 0 Å². The molecule has 182 valence electrons. The Labute approximate surface area is 199 Å². The lowest BCUT2D eigenvalue weighted by atomic mass is 10.1. The van der Waals surface area contributed by atoms with Gasteiger partial charge in [0.25, 0.3) is 10.2 Å². The predicted molar refractivity (Wildman–Crippen MR) is 126 cm³/mol. The smallest absolute Gasteiger partial charge is 0.282 e. The van der Waals surface area contributed by atoms with Crippen LogP contribution in [0.3, 0.4) is 0 Å². The van der Waals surface area contributed by atoms with Crippen molar-refractivity contribution in [2.75, 3.05) is 51.2 Å². The summed E-state index contributed by atoms with van der Waals surface area (Å²) in [6.07, 6.45) is 6.27. The van der Waals surface area contributed by atoms with E-state index < -0.39 is 15.7 Å². The van der Waals surface area contributed by atoms with Gasteiger partial charge in [-0.2, -0.15) is 22.3 Å². The van der Waals surface area contributed by atoms with Gasteiger partial charge in [0.05, 0.1) is 17.0 Å². The second-order valence-corrected chi connectivity index (χ2v) is 11.6. The molecule has 3 fully saturated rings. The van der Waals surface area contributed by atoms with E-state index in [0.29, 0.717) is 39.3 Å². The number of carbonyl (C=O) groups is 1. The van der Waals surface area contributed by atoms with Crippen LogP contribution in [-0.4, -0.2) is 94.6 Å². The van der Waals surface area contributed by atoms with Crippen LogP contribution in [0, 0.1) is 17.2 Å². The van der Waals surface area contributed by atoms with Crippen LogP contribution in [-0.2, 0) is 15.0 Å². The van der Waals surface area contributed by atoms with E-state index in [2.05, 4.69) is 19.9 Å². The standard InChI is InChI=1S/C22H30N8O3S/c1-27(13-17-5-10-28(14-17)19(31)3-2-8-23)34(32,33)30-12-11-29(15-22(30)6-7-22)21-18-4-9-24-20(18)25-16-26-21/h4,9,16-17H,2-3,5-7,10-15H2,1H3,(H,24,25,26). The second kappa shape index (κ2) is 8.79. The van der Waals surface area contributed by atoms with Crippen molar-refractivity contribution in [1.82, 2.24) is 28.5 Å². The van der Waals surface area contributed by atoms with Gasteiger partial charge in [0, 0.05) is 65.4 Å². The van der Waals surface area contributed by atoms with Crippen molar-refractivity contribution in [2.24, 2.45) is 5.92 Å². The fourth-order valence-electron chi connectivity index (χ4n) is 5.32. The van der Waals surface area contributed by atoms with Crippen molar-refractivity contribution < 1.29 is 13.2 Å². The van der Waals surface area contributed by atoms with E-state index in [1.807, 2.05) is 18.3 Å². The fraction of sp³-hybridized carbons (Fsp3) is 0.636. The summed E-state index contributed by atoms with van der Waals surface area (Å²) in [5.74, 6) is 0.920. The summed E-state index contributed by atoms with van der Waals surface area (Å²) in [6, 6.07) is 3.96. The van der Waals surface area contributed by atoms with E-state index in [1.54, 1.807) is 22.6 Å². The van der Waals surface area contributed by atoms with Crippen molar-refractivity contribution >= 4 is 33.0 Å². The molecule has 34 heavy (non-hydrogen) atoms. The Morgan fingerprint density at radius 1 is 1.32 bits per heavy atom. The zero-order valence-electron chi connectivity index (χ0n) is 19.4. The summed E-state index contributed by atoms with van der Waals surface area (Å²) in [6.45, 7) is 3.14. The maximum atomic E-state index is 13.6. The third-order valence-electron chi connectivity index (χ3n) is 7.32. The molecule has 1 unspecified atom stereocenters. The van der Waals surface area contributed by atoms with E-state index in [0.717, 1.165) is 36.1 Å². The van der Waals surface area contributed by atoms with Gasteiger partial charge in [-0.1, -0.05) is 0 Å². The summed E-state index contributed by atoms with van der Waals surface area (Å²) < 4.78 is 30.3. The lowest BCUT2D eigenvalue weighted by molar-refractivity contribution is -0.130. The number of hydrogen-bond acceptors (Lipinski definition) is 7. The number of rotatable bonds is 7. The number of nitriles is 1. The lowest BCUT2D eigenvalue weighted by Gasteiger charge is -2.43. The molecular weight excluding hydrogens is 456 g/mol. The SMILES string of the molecule is CN(CC1CCN(C(=O)CCC#N)C1)S(=O)(=O)N1CCN(c2ncnc3[nH]ccc23)CC12CC2. The van der Waals surface area contributed by atoms with E-state index >= 15 is 0 Å². The average molecular weight is 487 g/mol. The number of hydrogen-bond donors (Lipinski definition) is 1. The summed E-state index contributed by atoms with van der Waals surface area (Å²) in [5, 5.41) is 9.64. The van der Waals surface area contributed by atoms with Crippen LogP contribution >= 0.6 is 0 Å². The molecule has 12 heteroatoms. The third kappa shape index (κ3) is 4.12. The topological polar surface area (TPSA) is 130 Å². The van der Waals surface area contributed by atoms with Gasteiger partial charge in [-0.3, -0.25) is 4.79 Å². The highest BCUT2D eigenvalue weighted by Gasteiger charge is 2.57. The normalized spacial score (nSPS) is 22.6. The van der Waals surface area contributed by atoms with Gasteiger partial charge in [0.1, 0.15) is 17.8 Å². The first-order valence-electron chi connectivity index (χ1n) is 11.8. The Bertz CT molecular complexity index is 1220. The number of carbonyl (C=O) groups excluding carboxylic acids is 1. The van der Waals surface area contributed by atoms with Crippen molar-refractivity contribution in [2.45, 2.75) is 37.6 Å². The molecule has 2 aromatic heterocycles. The van der Waals surface area contributed by atoms with Gasteiger partial charge in [-0.25, -0.2) is 9.97 Å². The molecule has 3 aliphatic rings. The molecular formula is C22H30N8O3S. The van der Waals surface area contributed by atoms with E-state index in [-0.39, 0.29) is 24.7 Å². The van der Waals surface area contributed by atoms with Gasteiger partial charge in [0.2, 0.25) is 5.91 Å². The number of anilines is 1. The molecule has 0 bridgehead atoms. The van der Waals surface area contributed by atoms with Gasteiger partial charge in [-0.05, 0) is 31.2 Å². The number of H-pyrrole nitrogens is 1. The summed E-state index contributed by atoms with van der Waals surface area (Å²) in [4.78, 5) is 28.0. The van der Waals surface area contributed by atoms with Crippen molar-refractivity contribution in [3.05, 3.63) is 18.6 Å². The maximum Gasteiger partial charge on any atom is 0.282 e. The van der Waals surface area contributed by atoms with Crippen LogP contribution in [0.5, 0.6) is 0 Å². The van der Waals surface area contributed by atoms with Gasteiger partial charge < -0.3 is 14.8 Å². The molecule has 11 nitrogen and oxygen atoms in total. The molecule has 1 amide bonds. The second-order valence-electron chi connectivity index (χ2n) is 9.60. The number of fused-ring (bicyclic) bond motifs is 1. The molecule has 0 radical (unpaired) electrons. The first-order valence-corrected chi connectivity index (χ1v) is 13.2. The molecule has 1 saturated carbocycles. The van der Waals surface area contributed by atoms with Gasteiger partial charge >= 0.3 is 0 Å². The minimum Gasteiger partial charge on any atom is -0.353 e. The maximum absolute atomic E-state index is 13.6. The Morgan fingerprint density at radius 2 is 2.15 bits per heavy atom. The Hall–Kier alpha value is -2.75. The monoisotopic (exact) mass is 486 g/mol. The minimum absolute atomic E-state index is 0.0242. The predicted octanol–water partition coefficient (Wildman–Crippen LogP) is 0.941. The lowest BCUT2D eigenvalue weighted by Crippen LogP contribution is -2.60. The Kier molecular flexibility index (Phi) is 5.95. The highest BCUT2D eigenvalue weighted by molar-refractivity contribution is 7.86. The molecule has 1 spiro atoms. The summed E-state index contributed by atoms with van der Waals surface area (Å²) in [7, 11) is -1.98. The Morgan fingerprint density at radius 3 is 2.91 bits per heavy atom. The highest BCUT2D eigenvalue weighted by Crippen LogP contribution is 2.47.